The standard InChI is InChI=1S/C12H21O/c1-2-3-4-5-6-7-8-9-10-11-12-13/h4-12H2,1H3. The van der Waals surface area contributed by atoms with E-state index in [0.717, 1.165) is 19.3 Å². The highest BCUT2D eigenvalue weighted by molar-refractivity contribution is 4.94. The highest BCUT2D eigenvalue weighted by Crippen LogP contribution is 2.07. The summed E-state index contributed by atoms with van der Waals surface area (Å²) in [7, 11) is 0. The molecule has 0 aromatic rings. The predicted octanol–water partition coefficient (Wildman–Crippen LogP) is 3.56. The van der Waals surface area contributed by atoms with Crippen molar-refractivity contribution in [3.05, 3.63) is 0 Å². The molecule has 0 N–H and O–H groups in total. The van der Waals surface area contributed by atoms with Gasteiger partial charge in [-0.05, 0) is 19.8 Å². The quantitative estimate of drug-likeness (QED) is 0.403. The lowest BCUT2D eigenvalue weighted by Crippen LogP contribution is -1.82. The SMILES string of the molecule is CC#CCCCCCCCCC[O]. The molecular formula is C12H21O. The topological polar surface area (TPSA) is 19.9 Å². The fourth-order valence-corrected chi connectivity index (χ4v) is 1.32. The fraction of sp³-hybridized carbons (Fsp3) is 0.833. The van der Waals surface area contributed by atoms with Crippen LogP contribution >= 0.6 is 0 Å². The van der Waals surface area contributed by atoms with Gasteiger partial charge in [0.15, 0.2) is 0 Å². The summed E-state index contributed by atoms with van der Waals surface area (Å²) in [6.45, 7) is 2.00. The number of rotatable bonds is 8. The van der Waals surface area contributed by atoms with Gasteiger partial charge < -0.3 is 0 Å². The zero-order chi connectivity index (χ0) is 9.78. The number of unbranched alkanes of at least 4 members (excludes halogenated alkanes) is 7. The maximum Gasteiger partial charge on any atom is 0.0822 e. The van der Waals surface area contributed by atoms with Gasteiger partial charge in [0.05, 0.1) is 6.61 Å². The molecule has 0 aliphatic carbocycles. The van der Waals surface area contributed by atoms with Crippen molar-refractivity contribution in [3.8, 4) is 11.8 Å². The lowest BCUT2D eigenvalue weighted by atomic mass is 10.1. The van der Waals surface area contributed by atoms with E-state index in [1.165, 1.54) is 32.1 Å². The summed E-state index contributed by atoms with van der Waals surface area (Å²) in [5, 5.41) is 10.1. The van der Waals surface area contributed by atoms with E-state index in [9.17, 15) is 5.11 Å². The van der Waals surface area contributed by atoms with Gasteiger partial charge in [-0.2, -0.15) is 0 Å². The molecule has 0 fully saturated rings. The van der Waals surface area contributed by atoms with Crippen LogP contribution in [0.25, 0.3) is 0 Å². The van der Waals surface area contributed by atoms with Crippen LogP contribution < -0.4 is 0 Å². The van der Waals surface area contributed by atoms with Crippen molar-refractivity contribution in [3.63, 3.8) is 0 Å². The van der Waals surface area contributed by atoms with Gasteiger partial charge in [-0.1, -0.05) is 32.1 Å². The van der Waals surface area contributed by atoms with E-state index in [1.54, 1.807) is 0 Å². The minimum absolute atomic E-state index is 0.103. The molecule has 0 saturated carbocycles. The molecule has 0 saturated heterocycles. The van der Waals surface area contributed by atoms with Crippen molar-refractivity contribution in [2.45, 2.75) is 58.3 Å². The van der Waals surface area contributed by atoms with E-state index >= 15 is 0 Å². The van der Waals surface area contributed by atoms with Crippen LogP contribution in [-0.2, 0) is 5.11 Å². The van der Waals surface area contributed by atoms with E-state index in [0.29, 0.717) is 0 Å². The van der Waals surface area contributed by atoms with Crippen LogP contribution in [0.5, 0.6) is 0 Å². The zero-order valence-electron chi connectivity index (χ0n) is 8.77. The molecule has 0 spiro atoms. The molecule has 0 rings (SSSR count). The van der Waals surface area contributed by atoms with Crippen molar-refractivity contribution in [2.75, 3.05) is 6.61 Å². The molecule has 0 atom stereocenters. The van der Waals surface area contributed by atoms with Crippen molar-refractivity contribution in [1.29, 1.82) is 0 Å². The Morgan fingerprint density at radius 2 is 1.38 bits per heavy atom. The average molecular weight is 181 g/mol. The molecule has 13 heavy (non-hydrogen) atoms. The molecule has 0 aliphatic rings. The molecule has 1 heteroatoms. The summed E-state index contributed by atoms with van der Waals surface area (Å²) < 4.78 is 0. The Bertz CT molecular complexity index is 141. The lowest BCUT2D eigenvalue weighted by molar-refractivity contribution is 0.186. The molecule has 0 amide bonds. The third-order valence-electron chi connectivity index (χ3n) is 2.12. The summed E-state index contributed by atoms with van der Waals surface area (Å²) in [6, 6.07) is 0. The summed E-state index contributed by atoms with van der Waals surface area (Å²) >= 11 is 0. The molecule has 0 aromatic heterocycles. The molecule has 75 valence electrons. The highest BCUT2D eigenvalue weighted by atomic mass is 16.2. The second kappa shape index (κ2) is 11.5. The third kappa shape index (κ3) is 11.5. The van der Waals surface area contributed by atoms with E-state index < -0.39 is 0 Å². The number of hydrogen-bond donors (Lipinski definition) is 0. The Morgan fingerprint density at radius 3 is 1.92 bits per heavy atom. The van der Waals surface area contributed by atoms with Gasteiger partial charge >= 0.3 is 0 Å². The Balaban J connectivity index is 2.86. The van der Waals surface area contributed by atoms with Gasteiger partial charge in [0, 0.05) is 6.42 Å². The molecule has 0 unspecified atom stereocenters. The molecule has 1 nitrogen and oxygen atoms in total. The smallest absolute Gasteiger partial charge is 0.0822 e. The first-order valence-electron chi connectivity index (χ1n) is 5.39. The van der Waals surface area contributed by atoms with E-state index in [-0.39, 0.29) is 6.61 Å². The molecule has 0 heterocycles. The minimum Gasteiger partial charge on any atom is -0.237 e. The first kappa shape index (κ1) is 12.5. The maximum absolute atomic E-state index is 10.1. The number of hydrogen-bond acceptors (Lipinski definition) is 0. The first-order valence-corrected chi connectivity index (χ1v) is 5.39. The van der Waals surface area contributed by atoms with E-state index in [1.807, 2.05) is 6.92 Å². The summed E-state index contributed by atoms with van der Waals surface area (Å²) in [4.78, 5) is 0. The minimum atomic E-state index is 0.103. The molecule has 1 radical (unpaired) electrons. The zero-order valence-corrected chi connectivity index (χ0v) is 8.77. The van der Waals surface area contributed by atoms with Crippen molar-refractivity contribution < 1.29 is 5.11 Å². The maximum atomic E-state index is 10.1. The van der Waals surface area contributed by atoms with E-state index in [2.05, 4.69) is 11.8 Å². The third-order valence-corrected chi connectivity index (χ3v) is 2.12. The lowest BCUT2D eigenvalue weighted by Gasteiger charge is -1.98. The van der Waals surface area contributed by atoms with Crippen LogP contribution in [0, 0.1) is 11.8 Å². The van der Waals surface area contributed by atoms with Crippen LogP contribution in [0.2, 0.25) is 0 Å². The predicted molar refractivity (Wildman–Crippen MR) is 55.9 cm³/mol. The second-order valence-electron chi connectivity index (χ2n) is 3.36. The van der Waals surface area contributed by atoms with Gasteiger partial charge in [-0.15, -0.1) is 11.8 Å². The van der Waals surface area contributed by atoms with Crippen molar-refractivity contribution >= 4 is 0 Å². The van der Waals surface area contributed by atoms with E-state index in [4.69, 9.17) is 0 Å². The van der Waals surface area contributed by atoms with Gasteiger partial charge in [0.2, 0.25) is 0 Å². The van der Waals surface area contributed by atoms with Crippen molar-refractivity contribution in [1.82, 2.24) is 0 Å². The average Bonchev–Trinajstić information content (AvgIpc) is 2.16. The Hall–Kier alpha value is -0.480. The van der Waals surface area contributed by atoms with Gasteiger partial charge in [-0.3, -0.25) is 0 Å². The second-order valence-corrected chi connectivity index (χ2v) is 3.36. The summed E-state index contributed by atoms with van der Waals surface area (Å²) in [5.74, 6) is 5.97. The molecule has 0 bridgehead atoms. The Morgan fingerprint density at radius 1 is 0.846 bits per heavy atom. The largest absolute Gasteiger partial charge is 0.237 e. The summed E-state index contributed by atoms with van der Waals surface area (Å²) in [6.07, 6.45) is 9.41. The fourth-order valence-electron chi connectivity index (χ4n) is 1.32. The van der Waals surface area contributed by atoms with Gasteiger partial charge in [0.25, 0.3) is 0 Å². The normalized spacial score (nSPS) is 9.38. The first-order chi connectivity index (χ1) is 6.41. The van der Waals surface area contributed by atoms with Crippen LogP contribution in [0.3, 0.4) is 0 Å². The highest BCUT2D eigenvalue weighted by Gasteiger charge is 1.90. The molecular weight excluding hydrogens is 160 g/mol. The van der Waals surface area contributed by atoms with Gasteiger partial charge in [-0.25, -0.2) is 5.11 Å². The van der Waals surface area contributed by atoms with Crippen LogP contribution in [0.4, 0.5) is 0 Å². The Labute approximate surface area is 82.5 Å². The van der Waals surface area contributed by atoms with Gasteiger partial charge in [0.1, 0.15) is 0 Å². The monoisotopic (exact) mass is 181 g/mol. The van der Waals surface area contributed by atoms with Crippen LogP contribution in [0.1, 0.15) is 58.3 Å². The van der Waals surface area contributed by atoms with Crippen LogP contribution in [-0.4, -0.2) is 6.61 Å². The molecule has 0 aliphatic heterocycles. The van der Waals surface area contributed by atoms with Crippen molar-refractivity contribution in [2.24, 2.45) is 0 Å². The summed E-state index contributed by atoms with van der Waals surface area (Å²) in [5.41, 5.74) is 0. The Kier molecular flexibility index (Phi) is 11.1. The molecule has 0 aromatic carbocycles. The van der Waals surface area contributed by atoms with Crippen LogP contribution in [0.15, 0.2) is 0 Å².